The number of amides is 1. The van der Waals surface area contributed by atoms with Gasteiger partial charge in [-0.3, -0.25) is 14.9 Å². The molecule has 1 aliphatic rings. The Morgan fingerprint density at radius 1 is 1.44 bits per heavy atom. The van der Waals surface area contributed by atoms with Gasteiger partial charge in [-0.1, -0.05) is 12.1 Å². The maximum absolute atomic E-state index is 12.1. The first-order chi connectivity index (χ1) is 8.09. The summed E-state index contributed by atoms with van der Waals surface area (Å²) in [5.74, 6) is -0.315. The van der Waals surface area contributed by atoms with E-state index in [9.17, 15) is 14.9 Å². The summed E-state index contributed by atoms with van der Waals surface area (Å²) in [5.41, 5.74) is 5.69. The molecule has 1 amide bonds. The number of nitro benzene ring substituents is 1. The molecule has 1 atom stereocenters. The lowest BCUT2D eigenvalue weighted by atomic mass is 10.1. The fourth-order valence-electron chi connectivity index (χ4n) is 1.96. The van der Waals surface area contributed by atoms with Gasteiger partial charge in [0.25, 0.3) is 11.6 Å². The Balaban J connectivity index is 0.00000162. The van der Waals surface area contributed by atoms with Crippen molar-refractivity contribution in [2.45, 2.75) is 12.5 Å². The normalized spacial score (nSPS) is 18.3. The monoisotopic (exact) mass is 271 g/mol. The molecule has 1 unspecified atom stereocenters. The lowest BCUT2D eigenvalue weighted by Crippen LogP contribution is -2.32. The van der Waals surface area contributed by atoms with Crippen LogP contribution in [0.4, 0.5) is 5.69 Å². The minimum Gasteiger partial charge on any atom is -0.337 e. The van der Waals surface area contributed by atoms with Gasteiger partial charge in [0.2, 0.25) is 0 Å². The first kappa shape index (κ1) is 14.4. The van der Waals surface area contributed by atoms with E-state index in [2.05, 4.69) is 0 Å². The number of para-hydroxylation sites is 1. The molecule has 1 heterocycles. The Bertz CT molecular complexity index is 467. The van der Waals surface area contributed by atoms with Crippen LogP contribution in [0.2, 0.25) is 0 Å². The van der Waals surface area contributed by atoms with Crippen molar-refractivity contribution in [3.8, 4) is 0 Å². The first-order valence-electron chi connectivity index (χ1n) is 5.38. The highest BCUT2D eigenvalue weighted by molar-refractivity contribution is 5.98. The summed E-state index contributed by atoms with van der Waals surface area (Å²) in [4.78, 5) is 23.9. The molecule has 0 radical (unpaired) electrons. The summed E-state index contributed by atoms with van der Waals surface area (Å²) in [6.07, 6.45) is 0.742. The van der Waals surface area contributed by atoms with Crippen molar-refractivity contribution in [1.82, 2.24) is 4.90 Å². The van der Waals surface area contributed by atoms with Crippen LogP contribution >= 0.6 is 12.4 Å². The van der Waals surface area contributed by atoms with E-state index in [1.54, 1.807) is 17.0 Å². The molecule has 2 N–H and O–H groups in total. The third-order valence-corrected chi connectivity index (χ3v) is 2.84. The number of hydrogen-bond donors (Lipinski definition) is 1. The molecule has 0 aromatic heterocycles. The van der Waals surface area contributed by atoms with Crippen molar-refractivity contribution < 1.29 is 9.72 Å². The van der Waals surface area contributed by atoms with Gasteiger partial charge in [-0.2, -0.15) is 0 Å². The van der Waals surface area contributed by atoms with E-state index in [4.69, 9.17) is 5.73 Å². The number of carbonyl (C=O) groups is 1. The average Bonchev–Trinajstić information content (AvgIpc) is 2.75. The minimum atomic E-state index is -0.538. The second-order valence-corrected chi connectivity index (χ2v) is 4.07. The maximum atomic E-state index is 12.1. The Hall–Kier alpha value is -1.66. The van der Waals surface area contributed by atoms with Crippen LogP contribution in [0.1, 0.15) is 16.8 Å². The fourth-order valence-corrected chi connectivity index (χ4v) is 1.96. The van der Waals surface area contributed by atoms with Gasteiger partial charge in [-0.15, -0.1) is 12.4 Å². The Morgan fingerprint density at radius 2 is 2.11 bits per heavy atom. The average molecular weight is 272 g/mol. The highest BCUT2D eigenvalue weighted by Crippen LogP contribution is 2.21. The summed E-state index contributed by atoms with van der Waals surface area (Å²) >= 11 is 0. The molecule has 1 aromatic carbocycles. The summed E-state index contributed by atoms with van der Waals surface area (Å²) < 4.78 is 0. The molecule has 2 rings (SSSR count). The molecule has 18 heavy (non-hydrogen) atoms. The van der Waals surface area contributed by atoms with Crippen LogP contribution < -0.4 is 5.73 Å². The van der Waals surface area contributed by atoms with Crippen molar-refractivity contribution in [3.63, 3.8) is 0 Å². The van der Waals surface area contributed by atoms with Crippen LogP contribution in [0.25, 0.3) is 0 Å². The first-order valence-corrected chi connectivity index (χ1v) is 5.38. The maximum Gasteiger partial charge on any atom is 0.282 e. The second kappa shape index (κ2) is 5.79. The predicted molar refractivity (Wildman–Crippen MR) is 68.8 cm³/mol. The highest BCUT2D eigenvalue weighted by atomic mass is 35.5. The third kappa shape index (κ3) is 2.77. The number of hydrogen-bond acceptors (Lipinski definition) is 4. The lowest BCUT2D eigenvalue weighted by molar-refractivity contribution is -0.385. The van der Waals surface area contributed by atoms with Crippen LogP contribution in [-0.4, -0.2) is 34.9 Å². The quantitative estimate of drug-likeness (QED) is 0.646. The number of benzene rings is 1. The summed E-state index contributed by atoms with van der Waals surface area (Å²) in [6.45, 7) is 1.02. The standard InChI is InChI=1S/C11H13N3O3.ClH/c12-8-5-6-13(7-8)11(15)9-3-1-2-4-10(9)14(16)17;/h1-4,8H,5-7,12H2;1H. The molecular weight excluding hydrogens is 258 g/mol. The largest absolute Gasteiger partial charge is 0.337 e. The zero-order valence-electron chi connectivity index (χ0n) is 9.61. The SMILES string of the molecule is Cl.NC1CCN(C(=O)c2ccccc2[N+](=O)[O-])C1. The minimum absolute atomic E-state index is 0. The zero-order valence-corrected chi connectivity index (χ0v) is 10.4. The lowest BCUT2D eigenvalue weighted by Gasteiger charge is -2.15. The molecule has 7 heteroatoms. The van der Waals surface area contributed by atoms with Crippen LogP contribution in [0.15, 0.2) is 24.3 Å². The molecule has 0 bridgehead atoms. The van der Waals surface area contributed by atoms with Crippen molar-refractivity contribution in [1.29, 1.82) is 0 Å². The van der Waals surface area contributed by atoms with E-state index in [1.165, 1.54) is 12.1 Å². The number of nitro groups is 1. The van der Waals surface area contributed by atoms with E-state index in [0.29, 0.717) is 13.1 Å². The molecule has 1 saturated heterocycles. The Kier molecular flexibility index (Phi) is 4.63. The van der Waals surface area contributed by atoms with Crippen LogP contribution in [0.5, 0.6) is 0 Å². The Labute approximate surface area is 110 Å². The van der Waals surface area contributed by atoms with E-state index < -0.39 is 4.92 Å². The van der Waals surface area contributed by atoms with E-state index in [0.717, 1.165) is 6.42 Å². The van der Waals surface area contributed by atoms with Gasteiger partial charge in [0, 0.05) is 25.2 Å². The van der Waals surface area contributed by atoms with Gasteiger partial charge in [0.05, 0.1) is 4.92 Å². The molecule has 6 nitrogen and oxygen atoms in total. The smallest absolute Gasteiger partial charge is 0.282 e. The van der Waals surface area contributed by atoms with E-state index in [-0.39, 0.29) is 35.6 Å². The van der Waals surface area contributed by atoms with Crippen molar-refractivity contribution in [2.24, 2.45) is 5.73 Å². The van der Waals surface area contributed by atoms with Gasteiger partial charge in [0.15, 0.2) is 0 Å². The van der Waals surface area contributed by atoms with Crippen molar-refractivity contribution in [2.75, 3.05) is 13.1 Å². The zero-order chi connectivity index (χ0) is 12.4. The number of halogens is 1. The summed E-state index contributed by atoms with van der Waals surface area (Å²) in [5, 5.41) is 10.8. The molecular formula is C11H14ClN3O3. The number of carbonyl (C=O) groups excluding carboxylic acids is 1. The van der Waals surface area contributed by atoms with Gasteiger partial charge in [0.1, 0.15) is 5.56 Å². The molecule has 1 aliphatic heterocycles. The number of rotatable bonds is 2. The van der Waals surface area contributed by atoms with Crippen LogP contribution in [-0.2, 0) is 0 Å². The third-order valence-electron chi connectivity index (χ3n) is 2.84. The Morgan fingerprint density at radius 3 is 2.67 bits per heavy atom. The molecule has 1 aromatic rings. The van der Waals surface area contributed by atoms with Crippen molar-refractivity contribution >= 4 is 24.0 Å². The number of nitrogens with zero attached hydrogens (tertiary/aromatic N) is 2. The topological polar surface area (TPSA) is 89.5 Å². The molecule has 98 valence electrons. The van der Waals surface area contributed by atoms with Gasteiger partial charge in [-0.05, 0) is 12.5 Å². The second-order valence-electron chi connectivity index (χ2n) is 4.07. The fraction of sp³-hybridized carbons (Fsp3) is 0.364. The van der Waals surface area contributed by atoms with Crippen LogP contribution in [0, 0.1) is 10.1 Å². The van der Waals surface area contributed by atoms with E-state index >= 15 is 0 Å². The molecule has 0 saturated carbocycles. The van der Waals surface area contributed by atoms with Crippen LogP contribution in [0.3, 0.4) is 0 Å². The van der Waals surface area contributed by atoms with Gasteiger partial charge >= 0.3 is 0 Å². The molecule has 0 spiro atoms. The molecule has 0 aliphatic carbocycles. The predicted octanol–water partition coefficient (Wildman–Crippen LogP) is 1.19. The number of likely N-dealkylation sites (tertiary alicyclic amines) is 1. The van der Waals surface area contributed by atoms with E-state index in [1.807, 2.05) is 0 Å². The summed E-state index contributed by atoms with van der Waals surface area (Å²) in [6, 6.07) is 5.95. The molecule has 1 fully saturated rings. The van der Waals surface area contributed by atoms with Gasteiger partial charge < -0.3 is 10.6 Å². The van der Waals surface area contributed by atoms with Gasteiger partial charge in [-0.25, -0.2) is 0 Å². The summed E-state index contributed by atoms with van der Waals surface area (Å²) in [7, 11) is 0. The van der Waals surface area contributed by atoms with Crippen molar-refractivity contribution in [3.05, 3.63) is 39.9 Å². The highest BCUT2D eigenvalue weighted by Gasteiger charge is 2.28. The number of nitrogens with two attached hydrogens (primary N) is 1.